The molecule has 3 amide bonds. The molecule has 0 saturated heterocycles. The Balaban J connectivity index is 1.59. The fourth-order valence-electron chi connectivity index (χ4n) is 3.60. The van der Waals surface area contributed by atoms with Gasteiger partial charge in [-0.1, -0.05) is 0 Å². The molecule has 34 heavy (non-hydrogen) atoms. The molecule has 0 atom stereocenters. The number of hydrogen-bond donors (Lipinski definition) is 2. The van der Waals surface area contributed by atoms with Gasteiger partial charge in [-0.2, -0.15) is 0 Å². The van der Waals surface area contributed by atoms with Crippen LogP contribution in [0.1, 0.15) is 19.8 Å². The van der Waals surface area contributed by atoms with E-state index in [4.69, 9.17) is 4.74 Å². The van der Waals surface area contributed by atoms with Crippen molar-refractivity contribution in [2.24, 2.45) is 5.92 Å². The lowest BCUT2D eigenvalue weighted by molar-refractivity contribution is -0.116. The van der Waals surface area contributed by atoms with Gasteiger partial charge in [-0.3, -0.25) is 14.7 Å². The van der Waals surface area contributed by atoms with E-state index in [9.17, 15) is 14.0 Å². The predicted molar refractivity (Wildman–Crippen MR) is 128 cm³/mol. The monoisotopic (exact) mass is 465 g/mol. The first kappa shape index (κ1) is 23.3. The molecule has 1 aliphatic rings. The van der Waals surface area contributed by atoms with Crippen LogP contribution < -0.4 is 15.4 Å². The number of benzene rings is 2. The number of methoxy groups -OCH3 is 1. The van der Waals surface area contributed by atoms with Gasteiger partial charge in [0.05, 0.1) is 12.8 Å². The van der Waals surface area contributed by atoms with E-state index in [1.54, 1.807) is 30.0 Å². The molecule has 2 aromatic carbocycles. The number of rotatable bonds is 9. The third-order valence-corrected chi connectivity index (χ3v) is 5.57. The number of urea groups is 1. The van der Waals surface area contributed by atoms with Gasteiger partial charge < -0.3 is 15.0 Å². The second kappa shape index (κ2) is 10.4. The largest absolute Gasteiger partial charge is 0.497 e. The van der Waals surface area contributed by atoms with Crippen LogP contribution in [0.2, 0.25) is 0 Å². The number of amides is 3. The summed E-state index contributed by atoms with van der Waals surface area (Å²) in [7, 11) is 1.60. The van der Waals surface area contributed by atoms with E-state index in [1.807, 2.05) is 31.2 Å². The second-order valence-electron chi connectivity index (χ2n) is 8.23. The molecule has 3 aromatic rings. The Morgan fingerprint density at radius 2 is 1.85 bits per heavy atom. The number of anilines is 1. The summed E-state index contributed by atoms with van der Waals surface area (Å²) in [5, 5.41) is 5.60. The maximum atomic E-state index is 13.5. The van der Waals surface area contributed by atoms with E-state index in [-0.39, 0.29) is 30.2 Å². The Hall–Kier alpha value is -3.88. The quantitative estimate of drug-likeness (QED) is 0.499. The molecule has 0 aliphatic heterocycles. The summed E-state index contributed by atoms with van der Waals surface area (Å²) in [5.74, 6) is 0.726. The highest BCUT2D eigenvalue weighted by molar-refractivity contribution is 5.93. The number of aromatic nitrogens is 2. The van der Waals surface area contributed by atoms with Gasteiger partial charge in [-0.25, -0.2) is 14.2 Å². The second-order valence-corrected chi connectivity index (χ2v) is 8.23. The highest BCUT2D eigenvalue weighted by Gasteiger charge is 2.28. The Kier molecular flexibility index (Phi) is 7.10. The third kappa shape index (κ3) is 5.72. The third-order valence-electron chi connectivity index (χ3n) is 5.57. The van der Waals surface area contributed by atoms with Gasteiger partial charge in [0.25, 0.3) is 0 Å². The highest BCUT2D eigenvalue weighted by Crippen LogP contribution is 2.30. The minimum atomic E-state index is -0.359. The van der Waals surface area contributed by atoms with E-state index in [2.05, 4.69) is 15.6 Å². The van der Waals surface area contributed by atoms with E-state index >= 15 is 0 Å². The van der Waals surface area contributed by atoms with Gasteiger partial charge in [0.15, 0.2) is 0 Å². The first-order valence-electron chi connectivity index (χ1n) is 11.3. The molecule has 2 N–H and O–H groups in total. The van der Waals surface area contributed by atoms with Crippen molar-refractivity contribution in [1.29, 1.82) is 0 Å². The summed E-state index contributed by atoms with van der Waals surface area (Å²) < 4.78 is 20.4. The Bertz CT molecular complexity index is 1140. The van der Waals surface area contributed by atoms with E-state index in [1.165, 1.54) is 17.0 Å². The zero-order chi connectivity index (χ0) is 24.1. The number of carbonyl (C=O) groups is 2. The number of nitrogens with zero attached hydrogens (tertiary/aromatic N) is 3. The average molecular weight is 466 g/mol. The molecular weight excluding hydrogens is 437 g/mol. The summed E-state index contributed by atoms with van der Waals surface area (Å²) in [5.41, 5.74) is 2.10. The molecule has 1 aliphatic carbocycles. The van der Waals surface area contributed by atoms with Crippen LogP contribution >= 0.6 is 0 Å². The van der Waals surface area contributed by atoms with Crippen molar-refractivity contribution in [2.75, 3.05) is 32.1 Å². The zero-order valence-electron chi connectivity index (χ0n) is 19.3. The molecule has 1 aromatic heterocycles. The average Bonchev–Trinajstić information content (AvgIpc) is 3.57. The number of carbonyl (C=O) groups excluding carboxylic acids is 2. The molecule has 1 saturated carbocycles. The van der Waals surface area contributed by atoms with Crippen LogP contribution in [0.15, 0.2) is 54.7 Å². The van der Waals surface area contributed by atoms with Crippen molar-refractivity contribution in [1.82, 2.24) is 19.8 Å². The number of imidazole rings is 1. The molecule has 0 spiro atoms. The molecule has 1 fully saturated rings. The van der Waals surface area contributed by atoms with Crippen LogP contribution in [0, 0.1) is 11.7 Å². The summed E-state index contributed by atoms with van der Waals surface area (Å²) in [4.78, 5) is 31.5. The molecular formula is C25H28FN5O3. The fraction of sp³-hybridized carbons (Fsp3) is 0.320. The minimum absolute atomic E-state index is 0.0868. The van der Waals surface area contributed by atoms with E-state index in [0.29, 0.717) is 30.4 Å². The zero-order valence-corrected chi connectivity index (χ0v) is 19.3. The first-order chi connectivity index (χ1) is 16.5. The van der Waals surface area contributed by atoms with Gasteiger partial charge in [0.2, 0.25) is 11.9 Å². The molecule has 9 heteroatoms. The molecule has 1 heterocycles. The summed E-state index contributed by atoms with van der Waals surface area (Å²) >= 11 is 0. The van der Waals surface area contributed by atoms with E-state index < -0.39 is 0 Å². The van der Waals surface area contributed by atoms with Crippen LogP contribution in [0.4, 0.5) is 15.1 Å². The molecule has 178 valence electrons. The van der Waals surface area contributed by atoms with Gasteiger partial charge in [-0.05, 0) is 74.2 Å². The summed E-state index contributed by atoms with van der Waals surface area (Å²) in [6.07, 6.45) is 3.91. The van der Waals surface area contributed by atoms with Gasteiger partial charge in [0.1, 0.15) is 18.1 Å². The number of halogens is 1. The Labute approximate surface area is 197 Å². The molecule has 4 rings (SSSR count). The Morgan fingerprint density at radius 3 is 2.47 bits per heavy atom. The van der Waals surface area contributed by atoms with Gasteiger partial charge in [0, 0.05) is 30.5 Å². The van der Waals surface area contributed by atoms with Gasteiger partial charge >= 0.3 is 6.03 Å². The van der Waals surface area contributed by atoms with Gasteiger partial charge in [-0.15, -0.1) is 0 Å². The van der Waals surface area contributed by atoms with Crippen LogP contribution in [-0.4, -0.2) is 53.1 Å². The lowest BCUT2D eigenvalue weighted by Gasteiger charge is -2.22. The standard InChI is InChI=1S/C25H28FN5O3/c1-3-27-25(33)30(14-17-4-5-17)16-23(32)29-24-28-22(18-6-12-21(34-2)13-7-18)15-31(24)20-10-8-19(26)9-11-20/h6-13,15,17H,3-5,14,16H2,1-2H3,(H,27,33)(H,28,29,32). The van der Waals surface area contributed by atoms with Crippen LogP contribution in [-0.2, 0) is 4.79 Å². The van der Waals surface area contributed by atoms with Crippen LogP contribution in [0.3, 0.4) is 0 Å². The van der Waals surface area contributed by atoms with Crippen molar-refractivity contribution in [2.45, 2.75) is 19.8 Å². The van der Waals surface area contributed by atoms with Crippen molar-refractivity contribution < 1.29 is 18.7 Å². The number of hydrogen-bond acceptors (Lipinski definition) is 4. The fourth-order valence-corrected chi connectivity index (χ4v) is 3.60. The normalized spacial score (nSPS) is 12.8. The van der Waals surface area contributed by atoms with Crippen molar-refractivity contribution >= 4 is 17.9 Å². The Morgan fingerprint density at radius 1 is 1.15 bits per heavy atom. The minimum Gasteiger partial charge on any atom is -0.497 e. The van der Waals surface area contributed by atoms with E-state index in [0.717, 1.165) is 24.2 Å². The topological polar surface area (TPSA) is 88.5 Å². The smallest absolute Gasteiger partial charge is 0.317 e. The summed E-state index contributed by atoms with van der Waals surface area (Å²) in [6.45, 7) is 2.79. The van der Waals surface area contributed by atoms with Crippen LogP contribution in [0.5, 0.6) is 5.75 Å². The predicted octanol–water partition coefficient (Wildman–Crippen LogP) is 4.07. The molecule has 0 radical (unpaired) electrons. The highest BCUT2D eigenvalue weighted by atomic mass is 19.1. The maximum absolute atomic E-state index is 13.5. The summed E-state index contributed by atoms with van der Waals surface area (Å²) in [6, 6.07) is 13.0. The van der Waals surface area contributed by atoms with Crippen molar-refractivity contribution in [3.05, 3.63) is 60.5 Å². The van der Waals surface area contributed by atoms with Crippen molar-refractivity contribution in [3.8, 4) is 22.7 Å². The lowest BCUT2D eigenvalue weighted by atomic mass is 10.1. The van der Waals surface area contributed by atoms with Crippen molar-refractivity contribution in [3.63, 3.8) is 0 Å². The number of nitrogens with one attached hydrogen (secondary N) is 2. The molecule has 8 nitrogen and oxygen atoms in total. The maximum Gasteiger partial charge on any atom is 0.317 e. The molecule has 0 unspecified atom stereocenters. The first-order valence-corrected chi connectivity index (χ1v) is 11.3. The SMILES string of the molecule is CCNC(=O)N(CC(=O)Nc1nc(-c2ccc(OC)cc2)cn1-c1ccc(F)cc1)CC1CC1. The lowest BCUT2D eigenvalue weighted by Crippen LogP contribution is -2.45. The number of ether oxygens (including phenoxy) is 1. The van der Waals surface area contributed by atoms with Crippen LogP contribution in [0.25, 0.3) is 16.9 Å². The molecule has 0 bridgehead atoms.